The standard InChI is InChI=1S/C14H21N3O4S.ClH/c1-21-13-3-2-11(8-12(13)14(15)18)22(19,20)17-7-5-10-4-6-16-9-10;/h2-3,8,10,16-17H,4-7,9H2,1H3,(H2,15,18);1H. The maximum absolute atomic E-state index is 12.3. The lowest BCUT2D eigenvalue weighted by Crippen LogP contribution is -2.27. The first kappa shape index (κ1) is 19.7. The van der Waals surface area contributed by atoms with E-state index in [1.54, 1.807) is 0 Å². The predicted octanol–water partition coefficient (Wildman–Crippen LogP) is 0.494. The number of benzene rings is 1. The molecule has 1 aliphatic heterocycles. The molecule has 1 atom stereocenters. The molecule has 0 saturated carbocycles. The normalized spacial score (nSPS) is 17.5. The molecule has 7 nitrogen and oxygen atoms in total. The molecular formula is C14H22ClN3O4S. The Bertz CT molecular complexity index is 645. The Kier molecular flexibility index (Phi) is 7.27. The minimum Gasteiger partial charge on any atom is -0.496 e. The number of amides is 1. The summed E-state index contributed by atoms with van der Waals surface area (Å²) < 4.78 is 32.1. The van der Waals surface area contributed by atoms with Crippen molar-refractivity contribution >= 4 is 28.3 Å². The molecule has 1 heterocycles. The fourth-order valence-electron chi connectivity index (χ4n) is 2.49. The van der Waals surface area contributed by atoms with Gasteiger partial charge in [-0.3, -0.25) is 4.79 Å². The highest BCUT2D eigenvalue weighted by atomic mass is 35.5. The third-order valence-electron chi connectivity index (χ3n) is 3.75. The highest BCUT2D eigenvalue weighted by Gasteiger charge is 2.20. The van der Waals surface area contributed by atoms with Crippen LogP contribution in [0.5, 0.6) is 5.75 Å². The van der Waals surface area contributed by atoms with Gasteiger partial charge in [0.1, 0.15) is 5.75 Å². The summed E-state index contributed by atoms with van der Waals surface area (Å²) in [6.07, 6.45) is 1.85. The van der Waals surface area contributed by atoms with Crippen LogP contribution in [0.3, 0.4) is 0 Å². The van der Waals surface area contributed by atoms with Crippen LogP contribution in [0, 0.1) is 5.92 Å². The molecule has 1 fully saturated rings. The summed E-state index contributed by atoms with van der Waals surface area (Å²) in [5.41, 5.74) is 5.29. The van der Waals surface area contributed by atoms with Gasteiger partial charge in [-0.25, -0.2) is 13.1 Å². The molecule has 1 unspecified atom stereocenters. The van der Waals surface area contributed by atoms with Crippen LogP contribution in [0.2, 0.25) is 0 Å². The smallest absolute Gasteiger partial charge is 0.252 e. The number of nitrogens with one attached hydrogen (secondary N) is 2. The van der Waals surface area contributed by atoms with Gasteiger partial charge >= 0.3 is 0 Å². The summed E-state index contributed by atoms with van der Waals surface area (Å²) in [7, 11) is -2.27. The average molecular weight is 364 g/mol. The molecule has 0 aromatic heterocycles. The molecule has 4 N–H and O–H groups in total. The van der Waals surface area contributed by atoms with Crippen LogP contribution in [0.15, 0.2) is 23.1 Å². The molecule has 9 heteroatoms. The second-order valence-electron chi connectivity index (χ2n) is 5.27. The summed E-state index contributed by atoms with van der Waals surface area (Å²) in [5, 5.41) is 3.24. The van der Waals surface area contributed by atoms with Crippen molar-refractivity contribution < 1.29 is 17.9 Å². The second kappa shape index (κ2) is 8.49. The minimum absolute atomic E-state index is 0. The number of sulfonamides is 1. The molecule has 23 heavy (non-hydrogen) atoms. The molecule has 1 amide bonds. The zero-order valence-corrected chi connectivity index (χ0v) is 14.5. The van der Waals surface area contributed by atoms with Crippen LogP contribution >= 0.6 is 12.4 Å². The molecule has 2 rings (SSSR count). The molecule has 0 radical (unpaired) electrons. The number of primary amides is 1. The minimum atomic E-state index is -3.67. The Morgan fingerprint density at radius 2 is 2.22 bits per heavy atom. The summed E-state index contributed by atoms with van der Waals surface area (Å²) in [6, 6.07) is 4.06. The first-order valence-corrected chi connectivity index (χ1v) is 8.60. The third kappa shape index (κ3) is 5.07. The van der Waals surface area contributed by atoms with E-state index in [2.05, 4.69) is 10.0 Å². The molecular weight excluding hydrogens is 342 g/mol. The lowest BCUT2D eigenvalue weighted by atomic mass is 10.1. The van der Waals surface area contributed by atoms with E-state index in [4.69, 9.17) is 10.5 Å². The van der Waals surface area contributed by atoms with Crippen molar-refractivity contribution in [3.8, 4) is 5.75 Å². The van der Waals surface area contributed by atoms with Gasteiger partial charge in [0.25, 0.3) is 5.91 Å². The zero-order chi connectivity index (χ0) is 16.2. The van der Waals surface area contributed by atoms with E-state index in [0.717, 1.165) is 25.9 Å². The van der Waals surface area contributed by atoms with Gasteiger partial charge < -0.3 is 15.8 Å². The van der Waals surface area contributed by atoms with Crippen molar-refractivity contribution in [1.82, 2.24) is 10.0 Å². The number of carbonyl (C=O) groups is 1. The summed E-state index contributed by atoms with van der Waals surface area (Å²) in [5.74, 6) is 0.0224. The van der Waals surface area contributed by atoms with Crippen molar-refractivity contribution in [2.45, 2.75) is 17.7 Å². The highest BCUT2D eigenvalue weighted by molar-refractivity contribution is 7.89. The fourth-order valence-corrected chi connectivity index (χ4v) is 3.56. The van der Waals surface area contributed by atoms with E-state index in [-0.39, 0.29) is 28.6 Å². The quantitative estimate of drug-likeness (QED) is 0.653. The van der Waals surface area contributed by atoms with E-state index >= 15 is 0 Å². The number of nitrogens with two attached hydrogens (primary N) is 1. The van der Waals surface area contributed by atoms with Crippen LogP contribution in [-0.4, -0.2) is 41.1 Å². The lowest BCUT2D eigenvalue weighted by Gasteiger charge is -2.12. The van der Waals surface area contributed by atoms with Crippen molar-refractivity contribution in [1.29, 1.82) is 0 Å². The van der Waals surface area contributed by atoms with Crippen molar-refractivity contribution in [2.75, 3.05) is 26.7 Å². The van der Waals surface area contributed by atoms with Gasteiger partial charge in [0.2, 0.25) is 10.0 Å². The van der Waals surface area contributed by atoms with E-state index < -0.39 is 15.9 Å². The number of hydrogen-bond acceptors (Lipinski definition) is 5. The van der Waals surface area contributed by atoms with Crippen molar-refractivity contribution in [2.24, 2.45) is 11.7 Å². The Labute approximate surface area is 142 Å². The SMILES string of the molecule is COc1ccc(S(=O)(=O)NCCC2CCNC2)cc1C(N)=O.Cl. The van der Waals surface area contributed by atoms with Gasteiger partial charge in [-0.1, -0.05) is 0 Å². The van der Waals surface area contributed by atoms with Gasteiger partial charge in [0.15, 0.2) is 0 Å². The Hall–Kier alpha value is -1.35. The van der Waals surface area contributed by atoms with E-state index in [9.17, 15) is 13.2 Å². The third-order valence-corrected chi connectivity index (χ3v) is 5.21. The average Bonchev–Trinajstić information content (AvgIpc) is 2.99. The number of halogens is 1. The Balaban J connectivity index is 0.00000264. The van der Waals surface area contributed by atoms with E-state index in [0.29, 0.717) is 12.5 Å². The Morgan fingerprint density at radius 3 is 2.78 bits per heavy atom. The molecule has 1 aliphatic rings. The fraction of sp³-hybridized carbons (Fsp3) is 0.500. The largest absolute Gasteiger partial charge is 0.496 e. The summed E-state index contributed by atoms with van der Waals surface area (Å²) in [6.45, 7) is 2.28. The maximum atomic E-state index is 12.3. The monoisotopic (exact) mass is 363 g/mol. The zero-order valence-electron chi connectivity index (χ0n) is 12.9. The lowest BCUT2D eigenvalue weighted by molar-refractivity contribution is 0.0997. The van der Waals surface area contributed by atoms with Gasteiger partial charge in [-0.15, -0.1) is 12.4 Å². The molecule has 1 aromatic carbocycles. The number of ether oxygens (including phenoxy) is 1. The maximum Gasteiger partial charge on any atom is 0.252 e. The summed E-state index contributed by atoms with van der Waals surface area (Å²) >= 11 is 0. The van der Waals surface area contributed by atoms with Crippen LogP contribution in [0.4, 0.5) is 0 Å². The van der Waals surface area contributed by atoms with Gasteiger partial charge in [0.05, 0.1) is 17.6 Å². The topological polar surface area (TPSA) is 111 Å². The molecule has 0 bridgehead atoms. The first-order chi connectivity index (χ1) is 10.4. The van der Waals surface area contributed by atoms with Gasteiger partial charge in [-0.2, -0.15) is 0 Å². The molecule has 1 aromatic rings. The molecule has 130 valence electrons. The van der Waals surface area contributed by atoms with Crippen LogP contribution in [-0.2, 0) is 10.0 Å². The first-order valence-electron chi connectivity index (χ1n) is 7.12. The highest BCUT2D eigenvalue weighted by Crippen LogP contribution is 2.22. The van der Waals surface area contributed by atoms with Crippen LogP contribution < -0.4 is 20.5 Å². The molecule has 1 saturated heterocycles. The number of methoxy groups -OCH3 is 1. The summed E-state index contributed by atoms with van der Waals surface area (Å²) in [4.78, 5) is 11.4. The van der Waals surface area contributed by atoms with Gasteiger partial charge in [0, 0.05) is 6.54 Å². The molecule has 0 spiro atoms. The van der Waals surface area contributed by atoms with Crippen LogP contribution in [0.1, 0.15) is 23.2 Å². The van der Waals surface area contributed by atoms with Gasteiger partial charge in [-0.05, 0) is 50.0 Å². The Morgan fingerprint density at radius 1 is 1.48 bits per heavy atom. The number of carbonyl (C=O) groups excluding carboxylic acids is 1. The van der Waals surface area contributed by atoms with Crippen molar-refractivity contribution in [3.63, 3.8) is 0 Å². The van der Waals surface area contributed by atoms with E-state index in [1.807, 2.05) is 0 Å². The van der Waals surface area contributed by atoms with E-state index in [1.165, 1.54) is 25.3 Å². The predicted molar refractivity (Wildman–Crippen MR) is 89.5 cm³/mol. The molecule has 0 aliphatic carbocycles. The van der Waals surface area contributed by atoms with Crippen molar-refractivity contribution in [3.05, 3.63) is 23.8 Å². The van der Waals surface area contributed by atoms with Crippen LogP contribution in [0.25, 0.3) is 0 Å². The number of rotatable bonds is 7. The second-order valence-corrected chi connectivity index (χ2v) is 7.04. The number of hydrogen-bond donors (Lipinski definition) is 3.